The van der Waals surface area contributed by atoms with Gasteiger partial charge in [0.2, 0.25) is 0 Å². The van der Waals surface area contributed by atoms with Gasteiger partial charge in [0.1, 0.15) is 0 Å². The number of hydrogen-bond acceptors (Lipinski definition) is 4. The molecule has 1 heterocycles. The van der Waals surface area contributed by atoms with Gasteiger partial charge in [-0.1, -0.05) is 26.0 Å². The highest BCUT2D eigenvalue weighted by atomic mass is 16.5. The third kappa shape index (κ3) is 5.70. The number of amides is 2. The summed E-state index contributed by atoms with van der Waals surface area (Å²) in [7, 11) is 0. The van der Waals surface area contributed by atoms with E-state index in [-0.39, 0.29) is 12.6 Å². The van der Waals surface area contributed by atoms with Gasteiger partial charge in [-0.2, -0.15) is 0 Å². The van der Waals surface area contributed by atoms with E-state index >= 15 is 0 Å². The van der Waals surface area contributed by atoms with Crippen LogP contribution in [0.4, 0.5) is 10.5 Å². The van der Waals surface area contributed by atoms with Crippen LogP contribution in [0.3, 0.4) is 0 Å². The summed E-state index contributed by atoms with van der Waals surface area (Å²) in [6.07, 6.45) is 1.22. The molecule has 0 radical (unpaired) electrons. The minimum atomic E-state index is -0.839. The van der Waals surface area contributed by atoms with Crippen LogP contribution in [0.2, 0.25) is 0 Å². The first-order chi connectivity index (χ1) is 12.0. The molecule has 1 aliphatic heterocycles. The van der Waals surface area contributed by atoms with Gasteiger partial charge in [0.05, 0.1) is 18.8 Å². The average Bonchev–Trinajstić information content (AvgIpc) is 2.67. The maximum atomic E-state index is 12.0. The molecular weight excluding hydrogens is 318 g/mol. The second-order valence-corrected chi connectivity index (χ2v) is 6.69. The van der Waals surface area contributed by atoms with Crippen molar-refractivity contribution >= 4 is 11.7 Å². The minimum Gasteiger partial charge on any atom is -0.388 e. The number of morpholine rings is 1. The molecular formula is C19H31N3O3. The quantitative estimate of drug-likeness (QED) is 0.708. The van der Waals surface area contributed by atoms with E-state index in [9.17, 15) is 9.90 Å². The van der Waals surface area contributed by atoms with E-state index in [2.05, 4.69) is 22.5 Å². The summed E-state index contributed by atoms with van der Waals surface area (Å²) in [6, 6.07) is 7.95. The van der Waals surface area contributed by atoms with E-state index in [0.29, 0.717) is 18.9 Å². The predicted molar refractivity (Wildman–Crippen MR) is 99.8 cm³/mol. The van der Waals surface area contributed by atoms with Crippen LogP contribution in [0, 0.1) is 0 Å². The van der Waals surface area contributed by atoms with E-state index < -0.39 is 5.60 Å². The largest absolute Gasteiger partial charge is 0.388 e. The molecule has 0 spiro atoms. The van der Waals surface area contributed by atoms with Gasteiger partial charge in [-0.15, -0.1) is 0 Å². The Kier molecular flexibility index (Phi) is 7.23. The molecule has 2 rings (SSSR count). The lowest BCUT2D eigenvalue weighted by molar-refractivity contribution is 0.0198. The van der Waals surface area contributed by atoms with Crippen molar-refractivity contribution in [3.05, 3.63) is 29.8 Å². The number of benzene rings is 1. The highest BCUT2D eigenvalue weighted by Gasteiger charge is 2.23. The highest BCUT2D eigenvalue weighted by Crippen LogP contribution is 2.22. The van der Waals surface area contributed by atoms with Crippen LogP contribution in [0.1, 0.15) is 45.2 Å². The molecule has 3 N–H and O–H groups in total. The van der Waals surface area contributed by atoms with Crippen LogP contribution in [0.15, 0.2) is 24.3 Å². The van der Waals surface area contributed by atoms with Crippen molar-refractivity contribution in [1.82, 2.24) is 10.2 Å². The fourth-order valence-electron chi connectivity index (χ4n) is 2.94. The average molecular weight is 349 g/mol. The van der Waals surface area contributed by atoms with Gasteiger partial charge >= 0.3 is 6.03 Å². The summed E-state index contributed by atoms with van der Waals surface area (Å²) in [5.74, 6) is 0. The summed E-state index contributed by atoms with van der Waals surface area (Å²) in [5.41, 5.74) is 1.13. The van der Waals surface area contributed by atoms with Crippen LogP contribution in [0.5, 0.6) is 0 Å². The van der Waals surface area contributed by atoms with Gasteiger partial charge in [0.25, 0.3) is 0 Å². The molecule has 6 heteroatoms. The summed E-state index contributed by atoms with van der Waals surface area (Å²) in [6.45, 7) is 9.73. The zero-order valence-corrected chi connectivity index (χ0v) is 15.5. The third-order valence-electron chi connectivity index (χ3n) is 5.14. The van der Waals surface area contributed by atoms with Gasteiger partial charge in [0.15, 0.2) is 0 Å². The maximum Gasteiger partial charge on any atom is 0.319 e. The fourth-order valence-corrected chi connectivity index (χ4v) is 2.94. The van der Waals surface area contributed by atoms with Crippen LogP contribution in [0.25, 0.3) is 0 Å². The van der Waals surface area contributed by atoms with E-state index in [1.54, 1.807) is 0 Å². The standard InChI is InChI=1S/C19H31N3O3/c1-4-19(24,5-2)14-20-18(23)21-17-8-6-16(7-9-17)15(3)22-10-12-25-13-11-22/h6-9,15,24H,4-5,10-14H2,1-3H3,(H2,20,21,23). The Morgan fingerprint density at radius 2 is 1.84 bits per heavy atom. The lowest BCUT2D eigenvalue weighted by Crippen LogP contribution is -2.43. The lowest BCUT2D eigenvalue weighted by atomic mass is 9.98. The Hall–Kier alpha value is -1.63. The first-order valence-corrected chi connectivity index (χ1v) is 9.16. The van der Waals surface area contributed by atoms with E-state index in [1.807, 2.05) is 38.1 Å². The van der Waals surface area contributed by atoms with Crippen molar-refractivity contribution < 1.29 is 14.6 Å². The van der Waals surface area contributed by atoms with Crippen molar-refractivity contribution in [2.45, 2.75) is 45.3 Å². The smallest absolute Gasteiger partial charge is 0.319 e. The number of hydrogen-bond donors (Lipinski definition) is 3. The molecule has 0 saturated carbocycles. The number of rotatable bonds is 7. The molecule has 0 aliphatic carbocycles. The van der Waals surface area contributed by atoms with Gasteiger partial charge in [0, 0.05) is 31.4 Å². The van der Waals surface area contributed by atoms with Crippen molar-refractivity contribution in [3.63, 3.8) is 0 Å². The molecule has 1 aromatic rings. The Morgan fingerprint density at radius 1 is 1.24 bits per heavy atom. The molecule has 0 aromatic heterocycles. The molecule has 6 nitrogen and oxygen atoms in total. The van der Waals surface area contributed by atoms with E-state index in [1.165, 1.54) is 5.56 Å². The molecule has 1 atom stereocenters. The molecule has 1 fully saturated rings. The monoisotopic (exact) mass is 349 g/mol. The van der Waals surface area contributed by atoms with E-state index in [4.69, 9.17) is 4.74 Å². The number of anilines is 1. The summed E-state index contributed by atoms with van der Waals surface area (Å²) in [4.78, 5) is 14.4. The topological polar surface area (TPSA) is 73.8 Å². The number of ether oxygens (including phenoxy) is 1. The zero-order valence-electron chi connectivity index (χ0n) is 15.5. The molecule has 1 aliphatic rings. The van der Waals surface area contributed by atoms with Crippen LogP contribution in [-0.2, 0) is 4.74 Å². The zero-order chi connectivity index (χ0) is 18.3. The van der Waals surface area contributed by atoms with Crippen molar-refractivity contribution in [2.75, 3.05) is 38.2 Å². The number of nitrogens with zero attached hydrogens (tertiary/aromatic N) is 1. The van der Waals surface area contributed by atoms with Crippen LogP contribution in [-0.4, -0.2) is 54.5 Å². The molecule has 140 valence electrons. The number of carbonyl (C=O) groups excluding carboxylic acids is 1. The van der Waals surface area contributed by atoms with Crippen molar-refractivity contribution in [3.8, 4) is 0 Å². The highest BCUT2D eigenvalue weighted by molar-refractivity contribution is 5.89. The first-order valence-electron chi connectivity index (χ1n) is 9.16. The molecule has 1 unspecified atom stereocenters. The SMILES string of the molecule is CCC(O)(CC)CNC(=O)Nc1ccc(C(C)N2CCOCC2)cc1. The van der Waals surface area contributed by atoms with Gasteiger partial charge in [-0.25, -0.2) is 4.79 Å². The number of urea groups is 1. The molecule has 2 amide bonds. The normalized spacial score (nSPS) is 17.1. The third-order valence-corrected chi connectivity index (χ3v) is 5.14. The fraction of sp³-hybridized carbons (Fsp3) is 0.632. The van der Waals surface area contributed by atoms with Crippen LogP contribution >= 0.6 is 0 Å². The Morgan fingerprint density at radius 3 is 2.40 bits per heavy atom. The first kappa shape index (κ1) is 19.7. The van der Waals surface area contributed by atoms with E-state index in [0.717, 1.165) is 32.0 Å². The van der Waals surface area contributed by atoms with Crippen LogP contribution < -0.4 is 10.6 Å². The predicted octanol–water partition coefficient (Wildman–Crippen LogP) is 2.75. The Labute approximate surface area is 150 Å². The lowest BCUT2D eigenvalue weighted by Gasteiger charge is -2.32. The number of aliphatic hydroxyl groups is 1. The molecule has 25 heavy (non-hydrogen) atoms. The maximum absolute atomic E-state index is 12.0. The summed E-state index contributed by atoms with van der Waals surface area (Å²) >= 11 is 0. The molecule has 1 saturated heterocycles. The molecule has 1 aromatic carbocycles. The van der Waals surface area contributed by atoms with Crippen molar-refractivity contribution in [2.24, 2.45) is 0 Å². The second kappa shape index (κ2) is 9.17. The minimum absolute atomic E-state index is 0.248. The number of carbonyl (C=O) groups is 1. The van der Waals surface area contributed by atoms with Gasteiger partial charge in [-0.05, 0) is 37.5 Å². The van der Waals surface area contributed by atoms with Gasteiger partial charge < -0.3 is 20.5 Å². The number of nitrogens with one attached hydrogen (secondary N) is 2. The Balaban J connectivity index is 1.86. The summed E-state index contributed by atoms with van der Waals surface area (Å²) in [5, 5.41) is 15.8. The second-order valence-electron chi connectivity index (χ2n) is 6.69. The molecule has 0 bridgehead atoms. The van der Waals surface area contributed by atoms with Gasteiger partial charge in [-0.3, -0.25) is 4.90 Å². The van der Waals surface area contributed by atoms with Crippen molar-refractivity contribution in [1.29, 1.82) is 0 Å². The summed E-state index contributed by atoms with van der Waals surface area (Å²) < 4.78 is 5.40. The Bertz CT molecular complexity index is 537.